The monoisotopic (exact) mass is 304 g/mol. The van der Waals surface area contributed by atoms with E-state index in [1.165, 1.54) is 5.56 Å². The van der Waals surface area contributed by atoms with Gasteiger partial charge in [0.25, 0.3) is 0 Å². The molecule has 0 atom stereocenters. The van der Waals surface area contributed by atoms with Crippen LogP contribution in [-0.4, -0.2) is 48.1 Å². The molecule has 120 valence electrons. The van der Waals surface area contributed by atoms with Gasteiger partial charge in [-0.15, -0.1) is 0 Å². The topological polar surface area (TPSA) is 69.6 Å². The van der Waals surface area contributed by atoms with Crippen molar-refractivity contribution in [1.29, 1.82) is 0 Å². The van der Waals surface area contributed by atoms with Crippen LogP contribution in [0.25, 0.3) is 0 Å². The molecule has 1 aromatic carbocycles. The largest absolute Gasteiger partial charge is 0.396 e. The zero-order valence-corrected chi connectivity index (χ0v) is 12.8. The zero-order chi connectivity index (χ0) is 15.8. The molecule has 1 aromatic rings. The molecule has 0 unspecified atom stereocenters. The van der Waals surface area contributed by atoms with E-state index in [-0.39, 0.29) is 6.61 Å². The molecule has 0 spiro atoms. The van der Waals surface area contributed by atoms with Gasteiger partial charge in [0, 0.05) is 26.2 Å². The lowest BCUT2D eigenvalue weighted by Crippen LogP contribution is -2.46. The van der Waals surface area contributed by atoms with Crippen LogP contribution in [0.15, 0.2) is 30.3 Å². The summed E-state index contributed by atoms with van der Waals surface area (Å²) in [5, 5.41) is 11.2. The van der Waals surface area contributed by atoms with E-state index in [0.717, 1.165) is 19.3 Å². The van der Waals surface area contributed by atoms with Gasteiger partial charge in [-0.3, -0.25) is 9.59 Å². The van der Waals surface area contributed by atoms with Crippen molar-refractivity contribution in [3.05, 3.63) is 35.9 Å². The highest BCUT2D eigenvalue weighted by atomic mass is 16.3. The molecule has 2 rings (SSSR count). The van der Waals surface area contributed by atoms with Crippen LogP contribution in [0.4, 0.5) is 0 Å². The molecule has 1 aliphatic heterocycles. The van der Waals surface area contributed by atoms with Crippen molar-refractivity contribution in [2.75, 3.05) is 26.2 Å². The normalized spacial score (nSPS) is 15.6. The van der Waals surface area contributed by atoms with Crippen molar-refractivity contribution in [2.45, 2.75) is 25.7 Å². The Balaban J connectivity index is 1.74. The van der Waals surface area contributed by atoms with E-state index < -0.39 is 11.8 Å². The van der Waals surface area contributed by atoms with Gasteiger partial charge >= 0.3 is 11.8 Å². The van der Waals surface area contributed by atoms with E-state index in [9.17, 15) is 9.59 Å². The van der Waals surface area contributed by atoms with Crippen LogP contribution in [0.2, 0.25) is 0 Å². The number of nitrogens with one attached hydrogen (secondary N) is 1. The molecular formula is C17H24N2O3. The highest BCUT2D eigenvalue weighted by Crippen LogP contribution is 2.21. The van der Waals surface area contributed by atoms with E-state index in [1.807, 2.05) is 18.2 Å². The van der Waals surface area contributed by atoms with Gasteiger partial charge in [-0.1, -0.05) is 30.3 Å². The van der Waals surface area contributed by atoms with Gasteiger partial charge in [0.1, 0.15) is 0 Å². The third-order valence-corrected chi connectivity index (χ3v) is 4.08. The molecule has 0 aromatic heterocycles. The smallest absolute Gasteiger partial charge is 0.311 e. The summed E-state index contributed by atoms with van der Waals surface area (Å²) in [4.78, 5) is 25.3. The maximum Gasteiger partial charge on any atom is 0.311 e. The number of carbonyl (C=O) groups is 2. The van der Waals surface area contributed by atoms with Gasteiger partial charge in [0.05, 0.1) is 0 Å². The lowest BCUT2D eigenvalue weighted by Gasteiger charge is -2.31. The standard InChI is InChI=1S/C17H24N2O3/c20-12-4-9-18-16(21)17(22)19-10-7-15(8-11-19)13-14-5-2-1-3-6-14/h1-3,5-6,15,20H,4,7-13H2,(H,18,21). The predicted octanol–water partition coefficient (Wildman–Crippen LogP) is 0.966. The molecule has 2 N–H and O–H groups in total. The van der Waals surface area contributed by atoms with Crippen molar-refractivity contribution < 1.29 is 14.7 Å². The molecule has 2 amide bonds. The third-order valence-electron chi connectivity index (χ3n) is 4.08. The number of piperidine rings is 1. The van der Waals surface area contributed by atoms with E-state index in [2.05, 4.69) is 17.4 Å². The first-order valence-electron chi connectivity index (χ1n) is 7.92. The minimum absolute atomic E-state index is 0.0132. The van der Waals surface area contributed by atoms with E-state index in [4.69, 9.17) is 5.11 Å². The van der Waals surface area contributed by atoms with Gasteiger partial charge in [0.15, 0.2) is 0 Å². The Bertz CT molecular complexity index is 482. The molecule has 1 aliphatic rings. The van der Waals surface area contributed by atoms with Crippen LogP contribution in [0.1, 0.15) is 24.8 Å². The first-order valence-corrected chi connectivity index (χ1v) is 7.92. The number of benzene rings is 1. The molecule has 0 bridgehead atoms. The van der Waals surface area contributed by atoms with Crippen LogP contribution in [-0.2, 0) is 16.0 Å². The average Bonchev–Trinajstić information content (AvgIpc) is 2.56. The van der Waals surface area contributed by atoms with Crippen molar-refractivity contribution >= 4 is 11.8 Å². The van der Waals surface area contributed by atoms with Crippen molar-refractivity contribution in [2.24, 2.45) is 5.92 Å². The highest BCUT2D eigenvalue weighted by molar-refractivity contribution is 6.35. The second-order valence-corrected chi connectivity index (χ2v) is 5.76. The van der Waals surface area contributed by atoms with Gasteiger partial charge in [-0.2, -0.15) is 0 Å². The van der Waals surface area contributed by atoms with Crippen LogP contribution >= 0.6 is 0 Å². The number of rotatable bonds is 5. The number of aliphatic hydroxyl groups is 1. The summed E-state index contributed by atoms with van der Waals surface area (Å²) in [7, 11) is 0. The Hall–Kier alpha value is -1.88. The van der Waals surface area contributed by atoms with Crippen molar-refractivity contribution in [1.82, 2.24) is 10.2 Å². The Morgan fingerprint density at radius 3 is 2.50 bits per heavy atom. The minimum atomic E-state index is -0.560. The number of hydrogen-bond acceptors (Lipinski definition) is 3. The van der Waals surface area contributed by atoms with Gasteiger partial charge in [0.2, 0.25) is 0 Å². The maximum absolute atomic E-state index is 12.0. The van der Waals surface area contributed by atoms with Gasteiger partial charge < -0.3 is 15.3 Å². The summed E-state index contributed by atoms with van der Waals surface area (Å²) >= 11 is 0. The van der Waals surface area contributed by atoms with Crippen LogP contribution < -0.4 is 5.32 Å². The Kier molecular flexibility index (Phi) is 6.40. The molecule has 5 nitrogen and oxygen atoms in total. The number of aliphatic hydroxyl groups excluding tert-OH is 1. The summed E-state index contributed by atoms with van der Waals surface area (Å²) in [6.45, 7) is 1.64. The quantitative estimate of drug-likeness (QED) is 0.629. The molecule has 5 heteroatoms. The summed E-state index contributed by atoms with van der Waals surface area (Å²) in [6.07, 6.45) is 3.37. The molecular weight excluding hydrogens is 280 g/mol. The first-order chi connectivity index (χ1) is 10.7. The van der Waals surface area contributed by atoms with Crippen molar-refractivity contribution in [3.8, 4) is 0 Å². The highest BCUT2D eigenvalue weighted by Gasteiger charge is 2.26. The molecule has 0 aliphatic carbocycles. The number of likely N-dealkylation sites (tertiary alicyclic amines) is 1. The molecule has 0 radical (unpaired) electrons. The third kappa shape index (κ3) is 4.84. The maximum atomic E-state index is 12.0. The van der Waals surface area contributed by atoms with E-state index in [0.29, 0.717) is 32.0 Å². The lowest BCUT2D eigenvalue weighted by molar-refractivity contribution is -0.146. The SMILES string of the molecule is O=C(NCCCO)C(=O)N1CCC(Cc2ccccc2)CC1. The second-order valence-electron chi connectivity index (χ2n) is 5.76. The summed E-state index contributed by atoms with van der Waals surface area (Å²) in [5.74, 6) is -0.435. The number of carbonyl (C=O) groups excluding carboxylic acids is 2. The lowest BCUT2D eigenvalue weighted by atomic mass is 9.90. The molecule has 22 heavy (non-hydrogen) atoms. The Morgan fingerprint density at radius 1 is 1.18 bits per heavy atom. The fourth-order valence-electron chi connectivity index (χ4n) is 2.79. The number of amides is 2. The van der Waals surface area contributed by atoms with Crippen LogP contribution in [0.5, 0.6) is 0 Å². The molecule has 0 saturated carbocycles. The Morgan fingerprint density at radius 2 is 1.86 bits per heavy atom. The summed E-state index contributed by atoms with van der Waals surface area (Å²) in [6, 6.07) is 10.4. The van der Waals surface area contributed by atoms with Crippen LogP contribution in [0, 0.1) is 5.92 Å². The zero-order valence-electron chi connectivity index (χ0n) is 12.8. The number of hydrogen-bond donors (Lipinski definition) is 2. The summed E-state index contributed by atoms with van der Waals surface area (Å²) in [5.41, 5.74) is 1.33. The van der Waals surface area contributed by atoms with E-state index in [1.54, 1.807) is 4.90 Å². The number of nitrogens with zero attached hydrogens (tertiary/aromatic N) is 1. The fraction of sp³-hybridized carbons (Fsp3) is 0.529. The fourth-order valence-corrected chi connectivity index (χ4v) is 2.79. The summed E-state index contributed by atoms with van der Waals surface area (Å²) < 4.78 is 0. The predicted molar refractivity (Wildman–Crippen MR) is 84.2 cm³/mol. The molecule has 1 saturated heterocycles. The van der Waals surface area contributed by atoms with Gasteiger partial charge in [-0.25, -0.2) is 0 Å². The average molecular weight is 304 g/mol. The van der Waals surface area contributed by atoms with Gasteiger partial charge in [-0.05, 0) is 37.2 Å². The van der Waals surface area contributed by atoms with E-state index >= 15 is 0 Å². The van der Waals surface area contributed by atoms with Crippen LogP contribution in [0.3, 0.4) is 0 Å². The minimum Gasteiger partial charge on any atom is -0.396 e. The second kappa shape index (κ2) is 8.54. The molecule has 1 heterocycles. The first kappa shape index (κ1) is 16.5. The molecule has 1 fully saturated rings. The van der Waals surface area contributed by atoms with Crippen molar-refractivity contribution in [3.63, 3.8) is 0 Å². The Labute approximate surface area is 131 Å².